The topological polar surface area (TPSA) is 160 Å². The van der Waals surface area contributed by atoms with Crippen molar-refractivity contribution in [1.29, 1.82) is 0 Å². The fourth-order valence-electron chi connectivity index (χ4n) is 8.07. The Labute approximate surface area is 308 Å². The monoisotopic (exact) mass is 724 g/mol. The lowest BCUT2D eigenvalue weighted by Gasteiger charge is -2.37. The number of hydrogen-bond donors (Lipinski definition) is 3. The zero-order valence-electron chi connectivity index (χ0n) is 32.3. The molecule has 1 heterocycles. The van der Waals surface area contributed by atoms with E-state index in [0.717, 1.165) is 44.1 Å². The van der Waals surface area contributed by atoms with Gasteiger partial charge in [0.15, 0.2) is 0 Å². The van der Waals surface area contributed by atoms with Crippen molar-refractivity contribution >= 4 is 35.6 Å². The molecule has 12 heteroatoms. The number of ketones is 1. The molecule has 1 aromatic carbocycles. The summed E-state index contributed by atoms with van der Waals surface area (Å²) in [4.78, 5) is 82.4. The Kier molecular flexibility index (Phi) is 13.2. The predicted octanol–water partition coefficient (Wildman–Crippen LogP) is 4.87. The highest BCUT2D eigenvalue weighted by Crippen LogP contribution is 2.65. The number of carbonyl (C=O) groups excluding carboxylic acids is 6. The van der Waals surface area contributed by atoms with Crippen LogP contribution in [0.1, 0.15) is 112 Å². The first-order valence-electron chi connectivity index (χ1n) is 19.0. The lowest BCUT2D eigenvalue weighted by Crippen LogP contribution is -2.60. The molecule has 0 bridgehead atoms. The fraction of sp³-hybridized carbons (Fsp3) is 0.700. The van der Waals surface area contributed by atoms with Gasteiger partial charge in [-0.05, 0) is 82.6 Å². The second-order valence-corrected chi connectivity index (χ2v) is 17.1. The van der Waals surface area contributed by atoms with Gasteiger partial charge in [-0.2, -0.15) is 0 Å². The second kappa shape index (κ2) is 16.8. The van der Waals surface area contributed by atoms with Crippen LogP contribution in [0.2, 0.25) is 0 Å². The van der Waals surface area contributed by atoms with Crippen molar-refractivity contribution in [1.82, 2.24) is 20.9 Å². The third-order valence-corrected chi connectivity index (χ3v) is 10.8. The van der Waals surface area contributed by atoms with Crippen LogP contribution >= 0.6 is 0 Å². The maximum atomic E-state index is 14.4. The van der Waals surface area contributed by atoms with Gasteiger partial charge in [0.25, 0.3) is 5.91 Å². The molecule has 3 fully saturated rings. The van der Waals surface area contributed by atoms with E-state index in [-0.39, 0.29) is 35.5 Å². The Morgan fingerprint density at radius 2 is 1.58 bits per heavy atom. The molecular weight excluding hydrogens is 664 g/mol. The summed E-state index contributed by atoms with van der Waals surface area (Å²) in [5.41, 5.74) is -0.812. The Morgan fingerprint density at radius 3 is 2.19 bits per heavy atom. The van der Waals surface area contributed by atoms with Gasteiger partial charge in [0, 0.05) is 13.0 Å². The molecule has 288 valence electrons. The molecular formula is C40H60N4O8. The Bertz CT molecular complexity index is 1460. The summed E-state index contributed by atoms with van der Waals surface area (Å²) >= 11 is 0. The summed E-state index contributed by atoms with van der Waals surface area (Å²) in [7, 11) is 0. The number of carbonyl (C=O) groups is 6. The van der Waals surface area contributed by atoms with Gasteiger partial charge in [0.2, 0.25) is 17.6 Å². The van der Waals surface area contributed by atoms with Crippen LogP contribution in [0.25, 0.3) is 0 Å². The van der Waals surface area contributed by atoms with Gasteiger partial charge >= 0.3 is 12.1 Å². The van der Waals surface area contributed by atoms with Crippen molar-refractivity contribution in [2.75, 3.05) is 13.1 Å². The zero-order valence-corrected chi connectivity index (χ0v) is 32.3. The second-order valence-electron chi connectivity index (χ2n) is 17.1. The lowest BCUT2D eigenvalue weighted by atomic mass is 9.83. The molecule has 0 aromatic heterocycles. The first-order valence-corrected chi connectivity index (χ1v) is 19.0. The predicted molar refractivity (Wildman–Crippen MR) is 196 cm³/mol. The molecule has 0 spiro atoms. The van der Waals surface area contributed by atoms with E-state index in [1.165, 1.54) is 0 Å². The standard InChI is InChI=1S/C40H60N4O8/c1-9-10-21-28(33(46)35(48)41-23-29(45)51-39(5,6)22-25-17-13-11-14-18-25)42-34(47)32-30-27(40(30,7)8)24-44(32)36(49)31(26-19-15-12-16-20-26)43-37(50)52-38(2,3)4/h11,13-14,17-18,26-28,30-32H,9-10,12,15-16,19-24H2,1-8H3,(H,41,48)(H,42,47)(H,43,50). The van der Waals surface area contributed by atoms with Gasteiger partial charge in [-0.3, -0.25) is 24.0 Å². The normalized spacial score (nSPS) is 22.3. The number of amides is 4. The lowest BCUT2D eigenvalue weighted by molar-refractivity contribution is -0.156. The van der Waals surface area contributed by atoms with Crippen LogP contribution in [0.3, 0.4) is 0 Å². The highest BCUT2D eigenvalue weighted by molar-refractivity contribution is 6.38. The van der Waals surface area contributed by atoms with E-state index in [1.54, 1.807) is 39.5 Å². The van der Waals surface area contributed by atoms with Crippen LogP contribution in [0.5, 0.6) is 0 Å². The molecule has 12 nitrogen and oxygen atoms in total. The van der Waals surface area contributed by atoms with E-state index >= 15 is 0 Å². The average molecular weight is 725 g/mol. The SMILES string of the molecule is CCCCC(NC(=O)C1C2C(CN1C(=O)C(NC(=O)OC(C)(C)C)C1CCCCC1)C2(C)C)C(=O)C(=O)NCC(=O)OC(C)(C)Cc1ccccc1. The molecule has 0 radical (unpaired) electrons. The molecule has 2 saturated carbocycles. The molecule has 1 aromatic rings. The summed E-state index contributed by atoms with van der Waals surface area (Å²) < 4.78 is 11.1. The summed E-state index contributed by atoms with van der Waals surface area (Å²) in [5, 5.41) is 8.06. The van der Waals surface area contributed by atoms with E-state index in [0.29, 0.717) is 19.4 Å². The molecule has 52 heavy (non-hydrogen) atoms. The maximum Gasteiger partial charge on any atom is 0.408 e. The van der Waals surface area contributed by atoms with Gasteiger partial charge in [-0.1, -0.05) is 83.2 Å². The molecule has 3 N–H and O–H groups in total. The van der Waals surface area contributed by atoms with Crippen molar-refractivity contribution < 1.29 is 38.2 Å². The molecule has 3 aliphatic rings. The van der Waals surface area contributed by atoms with Crippen LogP contribution in [0.15, 0.2) is 30.3 Å². The molecule has 4 rings (SSSR count). The number of likely N-dealkylation sites (tertiary alicyclic amines) is 1. The number of fused-ring (bicyclic) bond motifs is 1. The quantitative estimate of drug-likeness (QED) is 0.171. The molecule has 5 atom stereocenters. The van der Waals surface area contributed by atoms with Crippen LogP contribution in [0, 0.1) is 23.2 Å². The number of alkyl carbamates (subject to hydrolysis) is 1. The summed E-state index contributed by atoms with van der Waals surface area (Å²) in [6, 6.07) is 6.69. The highest BCUT2D eigenvalue weighted by Gasteiger charge is 2.69. The zero-order chi connectivity index (χ0) is 38.4. The van der Waals surface area contributed by atoms with Crippen LogP contribution in [0.4, 0.5) is 4.79 Å². The number of nitrogens with zero attached hydrogens (tertiary/aromatic N) is 1. The number of unbranched alkanes of at least 4 members (excludes halogenated alkanes) is 1. The van der Waals surface area contributed by atoms with E-state index in [9.17, 15) is 28.8 Å². The van der Waals surface area contributed by atoms with Crippen molar-refractivity contribution in [3.05, 3.63) is 35.9 Å². The smallest absolute Gasteiger partial charge is 0.408 e. The first kappa shape index (κ1) is 40.8. The molecule has 1 saturated heterocycles. The maximum absolute atomic E-state index is 14.4. The van der Waals surface area contributed by atoms with E-state index in [1.807, 2.05) is 37.3 Å². The molecule has 4 amide bonds. The number of rotatable bonds is 15. The Balaban J connectivity index is 1.45. The van der Waals surface area contributed by atoms with Gasteiger partial charge in [-0.15, -0.1) is 0 Å². The van der Waals surface area contributed by atoms with E-state index in [4.69, 9.17) is 9.47 Å². The van der Waals surface area contributed by atoms with Crippen molar-refractivity contribution in [2.45, 2.75) is 143 Å². The summed E-state index contributed by atoms with van der Waals surface area (Å²) in [5.74, 6) is -3.55. The van der Waals surface area contributed by atoms with E-state index < -0.39 is 65.5 Å². The van der Waals surface area contributed by atoms with Gasteiger partial charge in [0.1, 0.15) is 29.8 Å². The fourth-order valence-corrected chi connectivity index (χ4v) is 8.07. The number of ether oxygens (including phenoxy) is 2. The number of nitrogens with one attached hydrogen (secondary N) is 3. The number of Topliss-reactive ketones (excluding diaryl/α,β-unsaturated/α-hetero) is 1. The molecule has 2 aliphatic carbocycles. The minimum atomic E-state index is -1.15. The van der Waals surface area contributed by atoms with Crippen LogP contribution in [-0.2, 0) is 39.9 Å². The Morgan fingerprint density at radius 1 is 0.923 bits per heavy atom. The number of esters is 1. The number of hydrogen-bond acceptors (Lipinski definition) is 8. The third-order valence-electron chi connectivity index (χ3n) is 10.8. The van der Waals surface area contributed by atoms with Crippen LogP contribution < -0.4 is 16.0 Å². The third kappa shape index (κ3) is 10.6. The molecule has 1 aliphatic heterocycles. The van der Waals surface area contributed by atoms with Gasteiger partial charge < -0.3 is 30.3 Å². The van der Waals surface area contributed by atoms with Crippen molar-refractivity contribution in [3.8, 4) is 0 Å². The average Bonchev–Trinajstić information content (AvgIpc) is 3.37. The first-order chi connectivity index (χ1) is 24.3. The van der Waals surface area contributed by atoms with Crippen molar-refractivity contribution in [2.24, 2.45) is 23.2 Å². The van der Waals surface area contributed by atoms with E-state index in [2.05, 4.69) is 29.8 Å². The van der Waals surface area contributed by atoms with Gasteiger partial charge in [0.05, 0.1) is 6.04 Å². The summed E-state index contributed by atoms with van der Waals surface area (Å²) in [6.45, 7) is 14.7. The minimum absolute atomic E-state index is 0.0750. The Hall–Kier alpha value is -3.96. The highest BCUT2D eigenvalue weighted by atomic mass is 16.6. The summed E-state index contributed by atoms with van der Waals surface area (Å²) in [6.07, 6.45) is 5.78. The van der Waals surface area contributed by atoms with Crippen molar-refractivity contribution in [3.63, 3.8) is 0 Å². The number of benzene rings is 1. The molecule has 5 unspecified atom stereocenters. The van der Waals surface area contributed by atoms with Crippen LogP contribution in [-0.4, -0.2) is 82.9 Å². The van der Waals surface area contributed by atoms with Gasteiger partial charge in [-0.25, -0.2) is 4.79 Å². The largest absolute Gasteiger partial charge is 0.458 e. The number of piperidine rings is 1. The minimum Gasteiger partial charge on any atom is -0.458 e.